The summed E-state index contributed by atoms with van der Waals surface area (Å²) in [6.45, 7) is 4.01. The molecule has 118 valence electrons. The molecule has 0 bridgehead atoms. The summed E-state index contributed by atoms with van der Waals surface area (Å²) in [5.41, 5.74) is 3.36. The molecule has 1 aromatic carbocycles. The number of unbranched alkanes of at least 4 members (excludes halogenated alkanes) is 1. The van der Waals surface area contributed by atoms with Crippen molar-refractivity contribution >= 4 is 15.7 Å². The number of aryl methyl sites for hydroxylation is 2. The number of hydrogen-bond donors (Lipinski definition) is 2. The molecular formula is C16H26N2O2S. The van der Waals surface area contributed by atoms with Crippen LogP contribution in [0.15, 0.2) is 18.2 Å². The number of hydrogen-bond acceptors (Lipinski definition) is 3. The van der Waals surface area contributed by atoms with Crippen molar-refractivity contribution in [2.45, 2.75) is 45.4 Å². The highest BCUT2D eigenvalue weighted by atomic mass is 32.2. The SMILES string of the molecule is CCCNCCCCS(=O)(=O)Nc1ccc2c(c1)CCC2. The van der Waals surface area contributed by atoms with Gasteiger partial charge in [-0.05, 0) is 74.9 Å². The molecule has 0 aliphatic heterocycles. The molecule has 0 amide bonds. The molecule has 0 saturated heterocycles. The Bertz CT molecular complexity index is 555. The molecule has 0 radical (unpaired) electrons. The lowest BCUT2D eigenvalue weighted by atomic mass is 10.1. The van der Waals surface area contributed by atoms with E-state index in [9.17, 15) is 8.42 Å². The summed E-state index contributed by atoms with van der Waals surface area (Å²) in [7, 11) is -3.22. The van der Waals surface area contributed by atoms with Crippen molar-refractivity contribution in [1.82, 2.24) is 5.32 Å². The van der Waals surface area contributed by atoms with Gasteiger partial charge >= 0.3 is 0 Å². The first-order chi connectivity index (χ1) is 10.1. The number of benzene rings is 1. The van der Waals surface area contributed by atoms with E-state index in [4.69, 9.17) is 0 Å². The van der Waals surface area contributed by atoms with Gasteiger partial charge in [0.2, 0.25) is 10.0 Å². The van der Waals surface area contributed by atoms with Crippen molar-refractivity contribution < 1.29 is 8.42 Å². The summed E-state index contributed by atoms with van der Waals surface area (Å²) < 4.78 is 26.8. The number of sulfonamides is 1. The smallest absolute Gasteiger partial charge is 0.232 e. The third-order valence-corrected chi connectivity index (χ3v) is 5.19. The Morgan fingerprint density at radius 2 is 1.90 bits per heavy atom. The zero-order valence-corrected chi connectivity index (χ0v) is 13.6. The lowest BCUT2D eigenvalue weighted by molar-refractivity contribution is 0.590. The molecule has 1 aliphatic rings. The molecular weight excluding hydrogens is 284 g/mol. The van der Waals surface area contributed by atoms with Crippen LogP contribution in [0.2, 0.25) is 0 Å². The molecule has 2 rings (SSSR count). The number of anilines is 1. The van der Waals surface area contributed by atoms with Gasteiger partial charge in [0.05, 0.1) is 5.75 Å². The summed E-state index contributed by atoms with van der Waals surface area (Å²) in [6.07, 6.45) is 6.05. The molecule has 0 saturated carbocycles. The van der Waals surface area contributed by atoms with Gasteiger partial charge < -0.3 is 5.32 Å². The van der Waals surface area contributed by atoms with Crippen molar-refractivity contribution in [2.24, 2.45) is 0 Å². The second-order valence-corrected chi connectivity index (χ2v) is 7.56. The monoisotopic (exact) mass is 310 g/mol. The normalized spacial score (nSPS) is 14.1. The van der Waals surface area contributed by atoms with Crippen molar-refractivity contribution in [3.8, 4) is 0 Å². The maximum Gasteiger partial charge on any atom is 0.232 e. The molecule has 0 heterocycles. The molecule has 0 aromatic heterocycles. The molecule has 2 N–H and O–H groups in total. The van der Waals surface area contributed by atoms with Crippen LogP contribution in [0.4, 0.5) is 5.69 Å². The standard InChI is InChI=1S/C16H26N2O2S/c1-2-10-17-11-3-4-12-21(19,20)18-16-9-8-14-6-5-7-15(14)13-16/h8-9,13,17-18H,2-7,10-12H2,1H3. The van der Waals surface area contributed by atoms with Crippen LogP contribution >= 0.6 is 0 Å². The van der Waals surface area contributed by atoms with Crippen molar-refractivity contribution in [2.75, 3.05) is 23.6 Å². The number of nitrogens with one attached hydrogen (secondary N) is 2. The molecule has 0 spiro atoms. The van der Waals surface area contributed by atoms with E-state index in [0.29, 0.717) is 12.1 Å². The van der Waals surface area contributed by atoms with Crippen LogP contribution in [0.25, 0.3) is 0 Å². The molecule has 0 fully saturated rings. The van der Waals surface area contributed by atoms with Gasteiger partial charge in [-0.1, -0.05) is 13.0 Å². The first kappa shape index (κ1) is 16.3. The largest absolute Gasteiger partial charge is 0.317 e. The molecule has 21 heavy (non-hydrogen) atoms. The van der Waals surface area contributed by atoms with Gasteiger partial charge in [-0.25, -0.2) is 8.42 Å². The van der Waals surface area contributed by atoms with Crippen molar-refractivity contribution in [1.29, 1.82) is 0 Å². The van der Waals surface area contributed by atoms with E-state index >= 15 is 0 Å². The highest BCUT2D eigenvalue weighted by Gasteiger charge is 2.14. The van der Waals surface area contributed by atoms with E-state index in [1.807, 2.05) is 12.1 Å². The van der Waals surface area contributed by atoms with Gasteiger partial charge in [0.15, 0.2) is 0 Å². The fraction of sp³-hybridized carbons (Fsp3) is 0.625. The Labute approximate surface area is 128 Å². The maximum absolute atomic E-state index is 12.1. The Balaban J connectivity index is 1.78. The average Bonchev–Trinajstić information content (AvgIpc) is 2.89. The zero-order chi connectivity index (χ0) is 15.1. The average molecular weight is 310 g/mol. The van der Waals surface area contributed by atoms with Gasteiger partial charge in [-0.15, -0.1) is 0 Å². The second kappa shape index (κ2) is 7.80. The number of rotatable bonds is 9. The van der Waals surface area contributed by atoms with Gasteiger partial charge in [-0.2, -0.15) is 0 Å². The highest BCUT2D eigenvalue weighted by Crippen LogP contribution is 2.25. The Kier molecular flexibility index (Phi) is 6.06. The van der Waals surface area contributed by atoms with Gasteiger partial charge in [0.1, 0.15) is 0 Å². The second-order valence-electron chi connectivity index (χ2n) is 5.72. The van der Waals surface area contributed by atoms with Gasteiger partial charge in [-0.3, -0.25) is 4.72 Å². The zero-order valence-electron chi connectivity index (χ0n) is 12.8. The predicted molar refractivity (Wildman–Crippen MR) is 88.3 cm³/mol. The summed E-state index contributed by atoms with van der Waals surface area (Å²) in [5.74, 6) is 0.192. The quantitative estimate of drug-likeness (QED) is 0.690. The Morgan fingerprint density at radius 3 is 2.71 bits per heavy atom. The van der Waals surface area contributed by atoms with E-state index < -0.39 is 10.0 Å². The van der Waals surface area contributed by atoms with E-state index in [1.54, 1.807) is 0 Å². The van der Waals surface area contributed by atoms with Crippen LogP contribution in [0.3, 0.4) is 0 Å². The van der Waals surface area contributed by atoms with Crippen LogP contribution in [0, 0.1) is 0 Å². The Morgan fingerprint density at radius 1 is 1.10 bits per heavy atom. The van der Waals surface area contributed by atoms with E-state index in [0.717, 1.165) is 38.8 Å². The lowest BCUT2D eigenvalue weighted by Gasteiger charge is -2.10. The van der Waals surface area contributed by atoms with Crippen LogP contribution < -0.4 is 10.0 Å². The summed E-state index contributed by atoms with van der Waals surface area (Å²) in [5, 5.41) is 3.28. The van der Waals surface area contributed by atoms with Crippen molar-refractivity contribution in [3.05, 3.63) is 29.3 Å². The van der Waals surface area contributed by atoms with Crippen LogP contribution in [-0.4, -0.2) is 27.3 Å². The predicted octanol–water partition coefficient (Wildman–Crippen LogP) is 2.70. The minimum Gasteiger partial charge on any atom is -0.317 e. The molecule has 5 heteroatoms. The third-order valence-electron chi connectivity index (χ3n) is 3.82. The van der Waals surface area contributed by atoms with Crippen molar-refractivity contribution in [3.63, 3.8) is 0 Å². The van der Waals surface area contributed by atoms with E-state index in [1.165, 1.54) is 17.5 Å². The topological polar surface area (TPSA) is 58.2 Å². The summed E-state index contributed by atoms with van der Waals surface area (Å²) >= 11 is 0. The summed E-state index contributed by atoms with van der Waals surface area (Å²) in [6, 6.07) is 5.92. The third kappa shape index (κ3) is 5.32. The summed E-state index contributed by atoms with van der Waals surface area (Å²) in [4.78, 5) is 0. The number of fused-ring (bicyclic) bond motifs is 1. The first-order valence-electron chi connectivity index (χ1n) is 7.94. The molecule has 1 aliphatic carbocycles. The van der Waals surface area contributed by atoms with Crippen LogP contribution in [0.1, 0.15) is 43.7 Å². The fourth-order valence-electron chi connectivity index (χ4n) is 2.71. The highest BCUT2D eigenvalue weighted by molar-refractivity contribution is 7.92. The maximum atomic E-state index is 12.1. The Hall–Kier alpha value is -1.07. The lowest BCUT2D eigenvalue weighted by Crippen LogP contribution is -2.20. The van der Waals surface area contributed by atoms with E-state index in [2.05, 4.69) is 23.0 Å². The van der Waals surface area contributed by atoms with Gasteiger partial charge in [0.25, 0.3) is 0 Å². The minimum absolute atomic E-state index is 0.192. The van der Waals surface area contributed by atoms with Crippen LogP contribution in [-0.2, 0) is 22.9 Å². The fourth-order valence-corrected chi connectivity index (χ4v) is 3.88. The molecule has 1 aromatic rings. The van der Waals surface area contributed by atoms with Gasteiger partial charge in [0, 0.05) is 5.69 Å². The van der Waals surface area contributed by atoms with Crippen LogP contribution in [0.5, 0.6) is 0 Å². The minimum atomic E-state index is -3.22. The van der Waals surface area contributed by atoms with E-state index in [-0.39, 0.29) is 5.75 Å². The molecule has 4 nitrogen and oxygen atoms in total. The molecule has 0 atom stereocenters. The first-order valence-corrected chi connectivity index (χ1v) is 9.59. The molecule has 0 unspecified atom stereocenters.